The first-order valence-electron chi connectivity index (χ1n) is 8.59. The number of carbonyl (C=O) groups excluding carboxylic acids is 1. The molecule has 2 heterocycles. The van der Waals surface area contributed by atoms with Crippen LogP contribution < -0.4 is 11.2 Å². The summed E-state index contributed by atoms with van der Waals surface area (Å²) in [5.74, 6) is -0.708. The normalized spacial score (nSPS) is 11.0. The minimum absolute atomic E-state index is 0.00589. The predicted octanol–water partition coefficient (Wildman–Crippen LogP) is 3.65. The Bertz CT molecular complexity index is 1180. The van der Waals surface area contributed by atoms with Crippen LogP contribution >= 0.6 is 23.2 Å². The van der Waals surface area contributed by atoms with E-state index in [9.17, 15) is 14.4 Å². The minimum atomic E-state index is -0.708. The molecule has 3 aromatic rings. The van der Waals surface area contributed by atoms with Crippen LogP contribution in [0.4, 0.5) is 0 Å². The number of aromatic amines is 1. The van der Waals surface area contributed by atoms with Gasteiger partial charge in [0, 0.05) is 12.1 Å². The summed E-state index contributed by atoms with van der Waals surface area (Å²) in [7, 11) is 1.22. The Hall–Kier alpha value is -2.64. The lowest BCUT2D eigenvalue weighted by atomic mass is 10.1. The molecule has 7 nitrogen and oxygen atoms in total. The van der Waals surface area contributed by atoms with E-state index in [4.69, 9.17) is 27.9 Å². The van der Waals surface area contributed by atoms with Crippen LogP contribution in [0.5, 0.6) is 0 Å². The number of nitrogens with zero attached hydrogens (tertiary/aromatic N) is 2. The average molecular weight is 422 g/mol. The fourth-order valence-electron chi connectivity index (χ4n) is 2.87. The number of methoxy groups -OCH3 is 1. The number of pyridine rings is 1. The van der Waals surface area contributed by atoms with Crippen LogP contribution in [0.3, 0.4) is 0 Å². The maximum absolute atomic E-state index is 12.5. The third-order valence-corrected chi connectivity index (χ3v) is 5.04. The van der Waals surface area contributed by atoms with E-state index in [-0.39, 0.29) is 16.6 Å². The fraction of sp³-hybridized carbons (Fsp3) is 0.263. The number of benzene rings is 1. The van der Waals surface area contributed by atoms with Crippen molar-refractivity contribution < 1.29 is 9.53 Å². The van der Waals surface area contributed by atoms with Crippen molar-refractivity contribution in [2.24, 2.45) is 0 Å². The van der Waals surface area contributed by atoms with Gasteiger partial charge in [-0.2, -0.15) is 0 Å². The van der Waals surface area contributed by atoms with Crippen LogP contribution in [0, 0.1) is 0 Å². The summed E-state index contributed by atoms with van der Waals surface area (Å²) in [4.78, 5) is 43.9. The second-order valence-corrected chi connectivity index (χ2v) is 6.95. The number of ether oxygens (including phenoxy) is 1. The van der Waals surface area contributed by atoms with Crippen molar-refractivity contribution in [1.82, 2.24) is 14.5 Å². The number of aromatic nitrogens is 3. The van der Waals surface area contributed by atoms with Crippen LogP contribution in [-0.4, -0.2) is 27.6 Å². The molecule has 0 aliphatic heterocycles. The Labute approximate surface area is 169 Å². The summed E-state index contributed by atoms with van der Waals surface area (Å²) in [6.07, 6.45) is 1.54. The number of esters is 1. The average Bonchev–Trinajstić information content (AvgIpc) is 2.68. The monoisotopic (exact) mass is 421 g/mol. The molecule has 0 amide bonds. The highest BCUT2D eigenvalue weighted by Crippen LogP contribution is 2.29. The third kappa shape index (κ3) is 3.68. The zero-order valence-corrected chi connectivity index (χ0v) is 16.7. The van der Waals surface area contributed by atoms with Gasteiger partial charge >= 0.3 is 11.7 Å². The molecule has 0 saturated heterocycles. The molecule has 0 atom stereocenters. The van der Waals surface area contributed by atoms with Gasteiger partial charge in [0.15, 0.2) is 5.65 Å². The van der Waals surface area contributed by atoms with Crippen molar-refractivity contribution in [2.75, 3.05) is 7.11 Å². The number of unbranched alkanes of at least 4 members (excludes halogenated alkanes) is 1. The van der Waals surface area contributed by atoms with Gasteiger partial charge in [-0.25, -0.2) is 14.6 Å². The predicted molar refractivity (Wildman–Crippen MR) is 108 cm³/mol. The van der Waals surface area contributed by atoms with Crippen molar-refractivity contribution >= 4 is 40.2 Å². The molecule has 0 bridgehead atoms. The third-order valence-electron chi connectivity index (χ3n) is 4.30. The molecule has 9 heteroatoms. The van der Waals surface area contributed by atoms with E-state index >= 15 is 0 Å². The minimum Gasteiger partial charge on any atom is -0.465 e. The quantitative estimate of drug-likeness (QED) is 0.634. The Balaban J connectivity index is 2.41. The zero-order chi connectivity index (χ0) is 20.4. The molecule has 0 radical (unpaired) electrons. The summed E-state index contributed by atoms with van der Waals surface area (Å²) < 4.78 is 6.19. The lowest BCUT2D eigenvalue weighted by molar-refractivity contribution is 0.0603. The smallest absolute Gasteiger partial charge is 0.338 e. The molecular weight excluding hydrogens is 405 g/mol. The van der Waals surface area contributed by atoms with E-state index in [0.29, 0.717) is 34.3 Å². The molecule has 146 valence electrons. The topological polar surface area (TPSA) is 94.1 Å². The Morgan fingerprint density at radius 2 is 1.96 bits per heavy atom. The molecule has 1 aromatic carbocycles. The fourth-order valence-corrected chi connectivity index (χ4v) is 3.17. The van der Waals surface area contributed by atoms with Gasteiger partial charge < -0.3 is 4.74 Å². The molecule has 28 heavy (non-hydrogen) atoms. The molecular formula is C19H17Cl2N3O4. The second-order valence-electron chi connectivity index (χ2n) is 6.14. The lowest BCUT2D eigenvalue weighted by Gasteiger charge is -2.13. The summed E-state index contributed by atoms with van der Waals surface area (Å²) in [6, 6.07) is 6.33. The van der Waals surface area contributed by atoms with Crippen LogP contribution in [0.2, 0.25) is 10.0 Å². The van der Waals surface area contributed by atoms with Gasteiger partial charge in [-0.15, -0.1) is 0 Å². The summed E-state index contributed by atoms with van der Waals surface area (Å²) in [6.45, 7) is 2.33. The van der Waals surface area contributed by atoms with Crippen molar-refractivity contribution in [3.05, 3.63) is 60.7 Å². The van der Waals surface area contributed by atoms with Gasteiger partial charge in [-0.3, -0.25) is 14.3 Å². The Morgan fingerprint density at radius 1 is 1.21 bits per heavy atom. The van der Waals surface area contributed by atoms with Crippen LogP contribution in [0.1, 0.15) is 30.1 Å². The van der Waals surface area contributed by atoms with Crippen molar-refractivity contribution in [3.8, 4) is 11.3 Å². The summed E-state index contributed by atoms with van der Waals surface area (Å²) in [5.41, 5.74) is -0.203. The maximum Gasteiger partial charge on any atom is 0.338 e. The molecule has 0 aliphatic carbocycles. The SMILES string of the molecule is CCCCn1c(=O)[nH]c(=O)c2c(C(=O)OC)cc(-c3ccc(Cl)c(Cl)c3)nc21. The van der Waals surface area contributed by atoms with Gasteiger partial charge in [0.25, 0.3) is 5.56 Å². The van der Waals surface area contributed by atoms with Crippen LogP contribution in [-0.2, 0) is 11.3 Å². The van der Waals surface area contributed by atoms with E-state index in [1.807, 2.05) is 6.92 Å². The van der Waals surface area contributed by atoms with Gasteiger partial charge in [0.1, 0.15) is 0 Å². The molecule has 0 aliphatic rings. The molecule has 0 spiro atoms. The first-order valence-corrected chi connectivity index (χ1v) is 9.34. The largest absolute Gasteiger partial charge is 0.465 e. The highest BCUT2D eigenvalue weighted by molar-refractivity contribution is 6.42. The van der Waals surface area contributed by atoms with E-state index in [2.05, 4.69) is 9.97 Å². The number of hydrogen-bond donors (Lipinski definition) is 1. The van der Waals surface area contributed by atoms with Crippen molar-refractivity contribution in [3.63, 3.8) is 0 Å². The number of hydrogen-bond acceptors (Lipinski definition) is 5. The van der Waals surface area contributed by atoms with E-state index in [1.165, 1.54) is 17.7 Å². The highest BCUT2D eigenvalue weighted by Gasteiger charge is 2.20. The second kappa shape index (κ2) is 8.16. The van der Waals surface area contributed by atoms with Crippen molar-refractivity contribution in [1.29, 1.82) is 0 Å². The van der Waals surface area contributed by atoms with Gasteiger partial charge in [-0.05, 0) is 24.6 Å². The molecule has 1 N–H and O–H groups in total. The zero-order valence-electron chi connectivity index (χ0n) is 15.2. The Morgan fingerprint density at radius 3 is 2.61 bits per heavy atom. The van der Waals surface area contributed by atoms with Gasteiger partial charge in [0.2, 0.25) is 0 Å². The van der Waals surface area contributed by atoms with E-state index < -0.39 is 17.2 Å². The molecule has 0 saturated carbocycles. The van der Waals surface area contributed by atoms with Gasteiger partial charge in [0.05, 0.1) is 33.8 Å². The maximum atomic E-state index is 12.5. The molecule has 2 aromatic heterocycles. The number of nitrogens with one attached hydrogen (secondary N) is 1. The van der Waals surface area contributed by atoms with Gasteiger partial charge in [-0.1, -0.05) is 42.6 Å². The first kappa shape index (κ1) is 20.1. The number of H-pyrrole nitrogens is 1. The number of aryl methyl sites for hydroxylation is 1. The van der Waals surface area contributed by atoms with Crippen LogP contribution in [0.25, 0.3) is 22.3 Å². The first-order chi connectivity index (χ1) is 13.4. The lowest BCUT2D eigenvalue weighted by Crippen LogP contribution is -2.32. The van der Waals surface area contributed by atoms with Crippen LogP contribution in [0.15, 0.2) is 33.9 Å². The number of fused-ring (bicyclic) bond motifs is 1. The number of rotatable bonds is 5. The highest BCUT2D eigenvalue weighted by atomic mass is 35.5. The summed E-state index contributed by atoms with van der Waals surface area (Å²) in [5, 5.41) is 0.692. The molecule has 0 fully saturated rings. The standard InChI is InChI=1S/C19H17Cl2N3O4/c1-3-4-7-24-16-15(17(25)23-19(24)27)11(18(26)28-2)9-14(22-16)10-5-6-12(20)13(21)8-10/h5-6,8-9H,3-4,7H2,1-2H3,(H,23,25,27). The summed E-state index contributed by atoms with van der Waals surface area (Å²) >= 11 is 12.1. The molecule has 0 unspecified atom stereocenters. The number of carbonyl (C=O) groups is 1. The van der Waals surface area contributed by atoms with E-state index in [1.54, 1.807) is 18.2 Å². The van der Waals surface area contributed by atoms with Crippen molar-refractivity contribution in [2.45, 2.75) is 26.3 Å². The number of halogens is 2. The molecule has 3 rings (SSSR count). The Kier molecular flexibility index (Phi) is 5.86. The van der Waals surface area contributed by atoms with E-state index in [0.717, 1.165) is 6.42 Å².